The summed E-state index contributed by atoms with van der Waals surface area (Å²) in [7, 11) is 0. The van der Waals surface area contributed by atoms with Gasteiger partial charge < -0.3 is 9.84 Å². The third kappa shape index (κ3) is 1.55. The Morgan fingerprint density at radius 2 is 2.15 bits per heavy atom. The number of aliphatic hydroxyl groups is 1. The van der Waals surface area contributed by atoms with E-state index in [4.69, 9.17) is 9.84 Å². The second-order valence-electron chi connectivity index (χ2n) is 2.94. The Kier molecular flexibility index (Phi) is 2.01. The molecule has 1 fully saturated rings. The Balaban J connectivity index is 2.22. The SMILES string of the molecule is OC[C@H]1O[C@H]1c1ccc(F)cc1F. The molecule has 0 aliphatic carbocycles. The summed E-state index contributed by atoms with van der Waals surface area (Å²) in [6, 6.07) is 3.32. The molecule has 0 unspecified atom stereocenters. The van der Waals surface area contributed by atoms with Gasteiger partial charge in [0.25, 0.3) is 0 Å². The van der Waals surface area contributed by atoms with Gasteiger partial charge in [0.2, 0.25) is 0 Å². The van der Waals surface area contributed by atoms with Crippen LogP contribution in [-0.2, 0) is 4.74 Å². The van der Waals surface area contributed by atoms with Crippen LogP contribution in [0.1, 0.15) is 11.7 Å². The first-order chi connectivity index (χ1) is 6.22. The van der Waals surface area contributed by atoms with Gasteiger partial charge in [-0.1, -0.05) is 6.07 Å². The van der Waals surface area contributed by atoms with Gasteiger partial charge >= 0.3 is 0 Å². The highest BCUT2D eigenvalue weighted by atomic mass is 19.1. The Morgan fingerprint density at radius 1 is 1.38 bits per heavy atom. The summed E-state index contributed by atoms with van der Waals surface area (Å²) in [5, 5.41) is 8.66. The number of hydrogen-bond donors (Lipinski definition) is 1. The zero-order valence-electron chi connectivity index (χ0n) is 6.71. The molecule has 0 spiro atoms. The van der Waals surface area contributed by atoms with Crippen LogP contribution in [0.4, 0.5) is 8.78 Å². The number of rotatable bonds is 2. The van der Waals surface area contributed by atoms with Crippen LogP contribution in [0, 0.1) is 11.6 Å². The zero-order valence-corrected chi connectivity index (χ0v) is 6.71. The van der Waals surface area contributed by atoms with Crippen LogP contribution in [0.2, 0.25) is 0 Å². The molecule has 2 rings (SSSR count). The lowest BCUT2D eigenvalue weighted by atomic mass is 10.1. The standard InChI is InChI=1S/C9H8F2O2/c10-5-1-2-6(7(11)3-5)9-8(4-12)13-9/h1-3,8-9,12H,4H2/t8-,9+/m1/s1. The zero-order chi connectivity index (χ0) is 9.42. The molecule has 1 saturated heterocycles. The van der Waals surface area contributed by atoms with E-state index in [1.165, 1.54) is 12.1 Å². The lowest BCUT2D eigenvalue weighted by Crippen LogP contribution is -1.96. The van der Waals surface area contributed by atoms with E-state index in [1.54, 1.807) is 0 Å². The number of ether oxygens (including phenoxy) is 1. The molecule has 1 heterocycles. The van der Waals surface area contributed by atoms with Gasteiger partial charge in [-0.05, 0) is 6.07 Å². The van der Waals surface area contributed by atoms with E-state index in [-0.39, 0.29) is 12.7 Å². The van der Waals surface area contributed by atoms with Gasteiger partial charge in [-0.3, -0.25) is 0 Å². The molecular formula is C9H8F2O2. The Labute approximate surface area is 73.8 Å². The summed E-state index contributed by atoms with van der Waals surface area (Å²) >= 11 is 0. The van der Waals surface area contributed by atoms with Crippen LogP contribution < -0.4 is 0 Å². The number of benzene rings is 1. The van der Waals surface area contributed by atoms with Crippen molar-refractivity contribution in [3.63, 3.8) is 0 Å². The number of hydrogen-bond acceptors (Lipinski definition) is 2. The fourth-order valence-electron chi connectivity index (χ4n) is 1.29. The molecule has 2 nitrogen and oxygen atoms in total. The normalized spacial score (nSPS) is 26.1. The highest BCUT2D eigenvalue weighted by Crippen LogP contribution is 2.39. The second-order valence-corrected chi connectivity index (χ2v) is 2.94. The molecule has 0 radical (unpaired) electrons. The van der Waals surface area contributed by atoms with E-state index in [9.17, 15) is 8.78 Å². The van der Waals surface area contributed by atoms with Crippen molar-refractivity contribution in [3.8, 4) is 0 Å². The van der Waals surface area contributed by atoms with Crippen molar-refractivity contribution in [3.05, 3.63) is 35.4 Å². The molecule has 70 valence electrons. The van der Waals surface area contributed by atoms with Gasteiger partial charge in [0, 0.05) is 11.6 Å². The topological polar surface area (TPSA) is 32.8 Å². The van der Waals surface area contributed by atoms with Gasteiger partial charge in [0.05, 0.1) is 6.61 Å². The van der Waals surface area contributed by atoms with Crippen molar-refractivity contribution >= 4 is 0 Å². The summed E-state index contributed by atoms with van der Waals surface area (Å²) in [4.78, 5) is 0. The largest absolute Gasteiger partial charge is 0.394 e. The molecule has 0 aromatic heterocycles. The van der Waals surface area contributed by atoms with Crippen LogP contribution >= 0.6 is 0 Å². The predicted molar refractivity (Wildman–Crippen MR) is 41.1 cm³/mol. The van der Waals surface area contributed by atoms with Crippen LogP contribution in [0.15, 0.2) is 18.2 Å². The molecule has 1 aliphatic rings. The maximum Gasteiger partial charge on any atom is 0.132 e. The quantitative estimate of drug-likeness (QED) is 0.708. The van der Waals surface area contributed by atoms with E-state index in [0.29, 0.717) is 5.56 Å². The van der Waals surface area contributed by atoms with Crippen LogP contribution in [0.5, 0.6) is 0 Å². The molecular weight excluding hydrogens is 178 g/mol. The van der Waals surface area contributed by atoms with Crippen molar-refractivity contribution in [2.45, 2.75) is 12.2 Å². The average Bonchev–Trinajstić information content (AvgIpc) is 2.83. The van der Waals surface area contributed by atoms with Crippen molar-refractivity contribution in [1.29, 1.82) is 0 Å². The molecule has 0 bridgehead atoms. The lowest BCUT2D eigenvalue weighted by molar-refractivity contribution is 0.242. The Bertz CT molecular complexity index is 327. The van der Waals surface area contributed by atoms with Crippen LogP contribution in [0.25, 0.3) is 0 Å². The van der Waals surface area contributed by atoms with Crippen molar-refractivity contribution in [2.75, 3.05) is 6.61 Å². The number of epoxide rings is 1. The van der Waals surface area contributed by atoms with Crippen LogP contribution in [-0.4, -0.2) is 17.8 Å². The summed E-state index contributed by atoms with van der Waals surface area (Å²) in [5.41, 5.74) is 0.306. The maximum atomic E-state index is 13.0. The van der Waals surface area contributed by atoms with E-state index < -0.39 is 17.7 Å². The Morgan fingerprint density at radius 3 is 2.69 bits per heavy atom. The molecule has 13 heavy (non-hydrogen) atoms. The molecule has 2 atom stereocenters. The van der Waals surface area contributed by atoms with Gasteiger partial charge in [0.15, 0.2) is 0 Å². The Hall–Kier alpha value is -1.00. The van der Waals surface area contributed by atoms with Gasteiger partial charge in [-0.25, -0.2) is 8.78 Å². The second kappa shape index (κ2) is 3.05. The fourth-order valence-corrected chi connectivity index (χ4v) is 1.29. The molecule has 0 saturated carbocycles. The number of halogens is 2. The monoisotopic (exact) mass is 186 g/mol. The van der Waals surface area contributed by atoms with Crippen molar-refractivity contribution in [2.24, 2.45) is 0 Å². The summed E-state index contributed by atoms with van der Waals surface area (Å²) in [6.07, 6.45) is -0.745. The summed E-state index contributed by atoms with van der Waals surface area (Å²) < 4.78 is 30.5. The first-order valence-corrected chi connectivity index (χ1v) is 3.93. The lowest BCUT2D eigenvalue weighted by Gasteiger charge is -1.97. The molecule has 1 N–H and O–H groups in total. The molecule has 1 aromatic rings. The predicted octanol–water partition coefficient (Wildman–Crippen LogP) is 1.40. The van der Waals surface area contributed by atoms with Gasteiger partial charge in [0.1, 0.15) is 23.8 Å². The van der Waals surface area contributed by atoms with E-state index in [2.05, 4.69) is 0 Å². The third-order valence-corrected chi connectivity index (χ3v) is 2.03. The summed E-state index contributed by atoms with van der Waals surface area (Å²) in [5.74, 6) is -1.23. The van der Waals surface area contributed by atoms with E-state index in [1.807, 2.05) is 0 Å². The van der Waals surface area contributed by atoms with Crippen molar-refractivity contribution < 1.29 is 18.6 Å². The average molecular weight is 186 g/mol. The smallest absolute Gasteiger partial charge is 0.132 e. The van der Waals surface area contributed by atoms with Gasteiger partial charge in [-0.15, -0.1) is 0 Å². The van der Waals surface area contributed by atoms with Crippen LogP contribution in [0.3, 0.4) is 0 Å². The molecule has 1 aromatic carbocycles. The molecule has 1 aliphatic heterocycles. The first kappa shape index (κ1) is 8.59. The minimum absolute atomic E-state index is 0.137. The maximum absolute atomic E-state index is 13.0. The fraction of sp³-hybridized carbons (Fsp3) is 0.333. The van der Waals surface area contributed by atoms with E-state index >= 15 is 0 Å². The number of aliphatic hydroxyl groups excluding tert-OH is 1. The minimum Gasteiger partial charge on any atom is -0.394 e. The first-order valence-electron chi connectivity index (χ1n) is 3.93. The van der Waals surface area contributed by atoms with Gasteiger partial charge in [-0.2, -0.15) is 0 Å². The highest BCUT2D eigenvalue weighted by Gasteiger charge is 2.41. The summed E-state index contributed by atoms with van der Waals surface area (Å²) in [6.45, 7) is -0.137. The highest BCUT2D eigenvalue weighted by molar-refractivity contribution is 5.25. The third-order valence-electron chi connectivity index (χ3n) is 2.03. The van der Waals surface area contributed by atoms with Crippen molar-refractivity contribution in [1.82, 2.24) is 0 Å². The van der Waals surface area contributed by atoms with E-state index in [0.717, 1.165) is 6.07 Å². The minimum atomic E-state index is -0.624. The molecule has 0 amide bonds. The molecule has 4 heteroatoms.